The lowest BCUT2D eigenvalue weighted by atomic mass is 9.92. The molecule has 4 rings (SSSR count). The number of hydrogen-bond donors (Lipinski definition) is 0. The molecule has 1 aliphatic heterocycles. The third kappa shape index (κ3) is 2.91. The maximum atomic E-state index is 6.21. The highest BCUT2D eigenvalue weighted by molar-refractivity contribution is 5.84. The molecule has 3 aromatic carbocycles. The zero-order chi connectivity index (χ0) is 15.5. The zero-order valence-corrected chi connectivity index (χ0v) is 12.9. The van der Waals surface area contributed by atoms with Crippen LogP contribution in [0.2, 0.25) is 0 Å². The molecule has 1 atom stereocenters. The first-order valence-electron chi connectivity index (χ1n) is 7.97. The van der Waals surface area contributed by atoms with Gasteiger partial charge in [0.25, 0.3) is 0 Å². The van der Waals surface area contributed by atoms with Crippen LogP contribution in [0.5, 0.6) is 5.75 Å². The summed E-state index contributed by atoms with van der Waals surface area (Å²) in [4.78, 5) is 0. The minimum absolute atomic E-state index is 0.0579. The van der Waals surface area contributed by atoms with Gasteiger partial charge in [0.1, 0.15) is 11.9 Å². The van der Waals surface area contributed by atoms with Crippen LogP contribution >= 0.6 is 0 Å². The van der Waals surface area contributed by atoms with E-state index in [-0.39, 0.29) is 6.10 Å². The molecule has 1 unspecified atom stereocenters. The van der Waals surface area contributed by atoms with Gasteiger partial charge in [-0.15, -0.1) is 0 Å². The fraction of sp³-hybridized carbons (Fsp3) is 0.0909. The molecule has 0 aliphatic carbocycles. The minimum Gasteiger partial charge on any atom is -0.485 e. The fourth-order valence-electron chi connectivity index (χ4n) is 3.08. The molecule has 0 N–H and O–H groups in total. The normalized spacial score (nSPS) is 16.2. The van der Waals surface area contributed by atoms with Crippen LogP contribution in [0, 0.1) is 0 Å². The quantitative estimate of drug-likeness (QED) is 0.652. The molecule has 112 valence electrons. The smallest absolute Gasteiger partial charge is 0.128 e. The Kier molecular flexibility index (Phi) is 3.69. The van der Waals surface area contributed by atoms with E-state index in [1.54, 1.807) is 0 Å². The molecule has 0 saturated heterocycles. The summed E-state index contributed by atoms with van der Waals surface area (Å²) >= 11 is 0. The van der Waals surface area contributed by atoms with Crippen molar-refractivity contribution in [2.75, 3.05) is 0 Å². The van der Waals surface area contributed by atoms with Crippen molar-refractivity contribution in [2.45, 2.75) is 12.5 Å². The van der Waals surface area contributed by atoms with E-state index < -0.39 is 0 Å². The topological polar surface area (TPSA) is 9.23 Å². The Balaban J connectivity index is 1.73. The SMILES string of the molecule is C1=C(c2ccccc2)c2ccccc2OC1Cc1ccccc1. The Morgan fingerprint density at radius 2 is 1.35 bits per heavy atom. The van der Waals surface area contributed by atoms with Crippen molar-refractivity contribution >= 4 is 5.57 Å². The van der Waals surface area contributed by atoms with Crippen molar-refractivity contribution in [1.82, 2.24) is 0 Å². The molecule has 0 fully saturated rings. The van der Waals surface area contributed by atoms with Gasteiger partial charge in [-0.3, -0.25) is 0 Å². The molecule has 0 aromatic heterocycles. The minimum atomic E-state index is 0.0579. The van der Waals surface area contributed by atoms with Crippen LogP contribution in [0.3, 0.4) is 0 Å². The second-order valence-electron chi connectivity index (χ2n) is 5.79. The Labute approximate surface area is 136 Å². The predicted octanol–water partition coefficient (Wildman–Crippen LogP) is 5.12. The molecule has 0 bridgehead atoms. The number of fused-ring (bicyclic) bond motifs is 1. The van der Waals surface area contributed by atoms with Crippen LogP contribution < -0.4 is 4.74 Å². The standard InChI is InChI=1S/C22H18O/c1-3-9-17(10-4-1)15-19-16-21(18-11-5-2-6-12-18)20-13-7-8-14-22(20)23-19/h1-14,16,19H,15H2. The van der Waals surface area contributed by atoms with Gasteiger partial charge in [-0.25, -0.2) is 0 Å². The lowest BCUT2D eigenvalue weighted by molar-refractivity contribution is 0.245. The van der Waals surface area contributed by atoms with Crippen LogP contribution in [0.25, 0.3) is 5.57 Å². The highest BCUT2D eigenvalue weighted by Crippen LogP contribution is 2.36. The molecule has 23 heavy (non-hydrogen) atoms. The van der Waals surface area contributed by atoms with Gasteiger partial charge in [0.05, 0.1) is 0 Å². The van der Waals surface area contributed by atoms with Gasteiger partial charge in [0.2, 0.25) is 0 Å². The average molecular weight is 298 g/mol. The van der Waals surface area contributed by atoms with Crippen molar-refractivity contribution in [2.24, 2.45) is 0 Å². The number of benzene rings is 3. The highest BCUT2D eigenvalue weighted by Gasteiger charge is 2.21. The summed E-state index contributed by atoms with van der Waals surface area (Å²) in [6.07, 6.45) is 3.19. The van der Waals surface area contributed by atoms with Gasteiger partial charge in [0, 0.05) is 12.0 Å². The molecule has 0 saturated carbocycles. The van der Waals surface area contributed by atoms with E-state index in [1.807, 2.05) is 12.1 Å². The Bertz CT molecular complexity index is 819. The molecule has 3 aromatic rings. The van der Waals surface area contributed by atoms with Crippen LogP contribution in [-0.2, 0) is 6.42 Å². The monoisotopic (exact) mass is 298 g/mol. The van der Waals surface area contributed by atoms with Crippen molar-refractivity contribution < 1.29 is 4.74 Å². The van der Waals surface area contributed by atoms with E-state index >= 15 is 0 Å². The Morgan fingerprint density at radius 3 is 2.13 bits per heavy atom. The Hall–Kier alpha value is -2.80. The maximum absolute atomic E-state index is 6.21. The lowest BCUT2D eigenvalue weighted by Crippen LogP contribution is -2.21. The second-order valence-corrected chi connectivity index (χ2v) is 5.79. The van der Waals surface area contributed by atoms with Gasteiger partial charge < -0.3 is 4.74 Å². The van der Waals surface area contributed by atoms with E-state index in [9.17, 15) is 0 Å². The first-order chi connectivity index (χ1) is 11.4. The van der Waals surface area contributed by atoms with E-state index in [2.05, 4.69) is 78.9 Å². The maximum Gasteiger partial charge on any atom is 0.128 e. The summed E-state index contributed by atoms with van der Waals surface area (Å²) in [5.41, 5.74) is 4.96. The molecule has 1 nitrogen and oxygen atoms in total. The fourth-order valence-corrected chi connectivity index (χ4v) is 3.08. The largest absolute Gasteiger partial charge is 0.485 e. The molecule has 0 radical (unpaired) electrons. The lowest BCUT2D eigenvalue weighted by Gasteiger charge is -2.26. The second kappa shape index (κ2) is 6.13. The van der Waals surface area contributed by atoms with E-state index in [0.29, 0.717) is 0 Å². The van der Waals surface area contributed by atoms with Gasteiger partial charge in [-0.1, -0.05) is 78.9 Å². The average Bonchev–Trinajstić information content (AvgIpc) is 2.63. The summed E-state index contributed by atoms with van der Waals surface area (Å²) in [5.74, 6) is 0.967. The molecule has 1 heteroatoms. The number of ether oxygens (including phenoxy) is 1. The summed E-state index contributed by atoms with van der Waals surface area (Å²) < 4.78 is 6.21. The van der Waals surface area contributed by atoms with Gasteiger partial charge in [-0.2, -0.15) is 0 Å². The third-order valence-corrected chi connectivity index (χ3v) is 4.17. The number of rotatable bonds is 3. The summed E-state index contributed by atoms with van der Waals surface area (Å²) in [7, 11) is 0. The van der Waals surface area contributed by atoms with Gasteiger partial charge in [0.15, 0.2) is 0 Å². The van der Waals surface area contributed by atoms with Crippen LogP contribution in [0.1, 0.15) is 16.7 Å². The molecule has 1 aliphatic rings. The van der Waals surface area contributed by atoms with Crippen LogP contribution in [-0.4, -0.2) is 6.10 Å². The summed E-state index contributed by atoms with van der Waals surface area (Å²) in [6, 6.07) is 29.3. The van der Waals surface area contributed by atoms with E-state index in [1.165, 1.54) is 22.3 Å². The van der Waals surface area contributed by atoms with E-state index in [0.717, 1.165) is 12.2 Å². The Morgan fingerprint density at radius 1 is 0.696 bits per heavy atom. The molecular formula is C22H18O. The molecule has 0 spiro atoms. The van der Waals surface area contributed by atoms with Crippen molar-refractivity contribution in [3.05, 3.63) is 108 Å². The van der Waals surface area contributed by atoms with Gasteiger partial charge in [-0.05, 0) is 28.8 Å². The predicted molar refractivity (Wildman–Crippen MR) is 94.5 cm³/mol. The van der Waals surface area contributed by atoms with Gasteiger partial charge >= 0.3 is 0 Å². The first-order valence-corrected chi connectivity index (χ1v) is 7.97. The summed E-state index contributed by atoms with van der Waals surface area (Å²) in [5, 5.41) is 0. The zero-order valence-electron chi connectivity index (χ0n) is 12.9. The molecule has 0 amide bonds. The molecular weight excluding hydrogens is 280 g/mol. The highest BCUT2D eigenvalue weighted by atomic mass is 16.5. The van der Waals surface area contributed by atoms with E-state index in [4.69, 9.17) is 4.74 Å². The third-order valence-electron chi connectivity index (χ3n) is 4.17. The summed E-state index contributed by atoms with van der Waals surface area (Å²) in [6.45, 7) is 0. The van der Waals surface area contributed by atoms with Crippen molar-refractivity contribution in [1.29, 1.82) is 0 Å². The first kappa shape index (κ1) is 13.8. The van der Waals surface area contributed by atoms with Crippen molar-refractivity contribution in [3.8, 4) is 5.75 Å². The van der Waals surface area contributed by atoms with Crippen molar-refractivity contribution in [3.63, 3.8) is 0 Å². The number of para-hydroxylation sites is 1. The molecule has 1 heterocycles. The van der Waals surface area contributed by atoms with Crippen LogP contribution in [0.15, 0.2) is 91.0 Å². The van der Waals surface area contributed by atoms with Crippen LogP contribution in [0.4, 0.5) is 0 Å². The number of hydrogen-bond acceptors (Lipinski definition) is 1.